The Bertz CT molecular complexity index is 374. The lowest BCUT2D eigenvalue weighted by Gasteiger charge is -2.48. The lowest BCUT2D eigenvalue weighted by Crippen LogP contribution is -2.48. The number of benzene rings is 1. The van der Waals surface area contributed by atoms with E-state index in [-0.39, 0.29) is 17.3 Å². The van der Waals surface area contributed by atoms with Crippen LogP contribution in [0.15, 0.2) is 24.3 Å². The molecule has 17 heavy (non-hydrogen) atoms. The molecule has 1 aliphatic carbocycles. The Labute approximate surface area is 103 Å². The smallest absolute Gasteiger partial charge is 0.123 e. The molecule has 1 atom stereocenters. The number of hydrogen-bond donors (Lipinski definition) is 2. The molecule has 1 aliphatic rings. The van der Waals surface area contributed by atoms with Crippen LogP contribution in [0.4, 0.5) is 4.39 Å². The van der Waals surface area contributed by atoms with Crippen molar-refractivity contribution >= 4 is 0 Å². The highest BCUT2D eigenvalue weighted by molar-refractivity contribution is 5.24. The van der Waals surface area contributed by atoms with E-state index >= 15 is 0 Å². The highest BCUT2D eigenvalue weighted by Gasteiger charge is 2.43. The van der Waals surface area contributed by atoms with Gasteiger partial charge in [0.15, 0.2) is 0 Å². The van der Waals surface area contributed by atoms with Gasteiger partial charge in [0.05, 0.1) is 0 Å². The van der Waals surface area contributed by atoms with Crippen LogP contribution < -0.4 is 10.6 Å². The zero-order chi connectivity index (χ0) is 12.3. The molecule has 0 amide bonds. The van der Waals surface area contributed by atoms with Crippen molar-refractivity contribution in [1.82, 2.24) is 10.6 Å². The van der Waals surface area contributed by atoms with Crippen LogP contribution in [0.25, 0.3) is 0 Å². The molecule has 0 spiro atoms. The van der Waals surface area contributed by atoms with Crippen LogP contribution in [-0.2, 0) is 0 Å². The summed E-state index contributed by atoms with van der Waals surface area (Å²) in [6, 6.07) is 7.19. The van der Waals surface area contributed by atoms with Gasteiger partial charge in [0.1, 0.15) is 5.82 Å². The third-order valence-corrected chi connectivity index (χ3v) is 3.96. The Morgan fingerprint density at radius 2 is 2.12 bits per heavy atom. The maximum atomic E-state index is 13.3. The van der Waals surface area contributed by atoms with E-state index in [0.717, 1.165) is 12.1 Å². The van der Waals surface area contributed by atoms with Gasteiger partial charge in [-0.1, -0.05) is 18.6 Å². The topological polar surface area (TPSA) is 24.1 Å². The third kappa shape index (κ3) is 2.35. The highest BCUT2D eigenvalue weighted by atomic mass is 19.1. The molecular formula is C14H21FN2. The molecule has 2 nitrogen and oxygen atoms in total. The van der Waals surface area contributed by atoms with Crippen LogP contribution >= 0.6 is 0 Å². The van der Waals surface area contributed by atoms with Crippen LogP contribution in [-0.4, -0.2) is 20.6 Å². The quantitative estimate of drug-likeness (QED) is 0.820. The van der Waals surface area contributed by atoms with Crippen LogP contribution in [0, 0.1) is 11.2 Å². The predicted molar refractivity (Wildman–Crippen MR) is 68.4 cm³/mol. The number of rotatable bonds is 5. The molecule has 0 aliphatic heterocycles. The highest BCUT2D eigenvalue weighted by Crippen LogP contribution is 2.49. The van der Waals surface area contributed by atoms with E-state index in [4.69, 9.17) is 0 Å². The molecule has 0 heterocycles. The average Bonchev–Trinajstić information content (AvgIpc) is 2.27. The molecule has 1 saturated carbocycles. The fraction of sp³-hybridized carbons (Fsp3) is 0.571. The molecule has 0 aromatic heterocycles. The number of nitrogens with one attached hydrogen (secondary N) is 2. The first-order chi connectivity index (χ1) is 8.22. The van der Waals surface area contributed by atoms with E-state index in [0.29, 0.717) is 0 Å². The second kappa shape index (κ2) is 5.15. The van der Waals surface area contributed by atoms with Crippen molar-refractivity contribution in [2.75, 3.05) is 20.6 Å². The molecule has 2 N–H and O–H groups in total. The summed E-state index contributed by atoms with van der Waals surface area (Å²) < 4.78 is 13.3. The molecule has 1 unspecified atom stereocenters. The minimum Gasteiger partial charge on any atom is -0.319 e. The van der Waals surface area contributed by atoms with Crippen LogP contribution in [0.1, 0.15) is 30.9 Å². The molecule has 0 radical (unpaired) electrons. The maximum absolute atomic E-state index is 13.3. The van der Waals surface area contributed by atoms with Crippen molar-refractivity contribution in [2.24, 2.45) is 5.41 Å². The van der Waals surface area contributed by atoms with Gasteiger partial charge >= 0.3 is 0 Å². The van der Waals surface area contributed by atoms with Crippen molar-refractivity contribution in [3.8, 4) is 0 Å². The molecule has 1 aromatic rings. The first-order valence-electron chi connectivity index (χ1n) is 6.29. The average molecular weight is 236 g/mol. The largest absolute Gasteiger partial charge is 0.319 e. The summed E-state index contributed by atoms with van der Waals surface area (Å²) in [6.07, 6.45) is 3.68. The molecular weight excluding hydrogens is 215 g/mol. The van der Waals surface area contributed by atoms with E-state index < -0.39 is 0 Å². The van der Waals surface area contributed by atoms with Gasteiger partial charge in [-0.25, -0.2) is 4.39 Å². The van der Waals surface area contributed by atoms with E-state index in [2.05, 4.69) is 10.6 Å². The number of hydrogen-bond acceptors (Lipinski definition) is 2. The molecule has 0 bridgehead atoms. The van der Waals surface area contributed by atoms with Gasteiger partial charge in [-0.15, -0.1) is 0 Å². The fourth-order valence-corrected chi connectivity index (χ4v) is 3.06. The molecule has 0 saturated heterocycles. The lowest BCUT2D eigenvalue weighted by atomic mass is 9.62. The first-order valence-corrected chi connectivity index (χ1v) is 6.29. The summed E-state index contributed by atoms with van der Waals surface area (Å²) in [5.74, 6) is -0.151. The van der Waals surface area contributed by atoms with Crippen molar-refractivity contribution in [3.63, 3.8) is 0 Å². The molecule has 1 fully saturated rings. The normalized spacial score (nSPS) is 19.7. The van der Waals surface area contributed by atoms with Crippen molar-refractivity contribution < 1.29 is 4.39 Å². The lowest BCUT2D eigenvalue weighted by molar-refractivity contribution is 0.0787. The Morgan fingerprint density at radius 1 is 1.35 bits per heavy atom. The minimum absolute atomic E-state index is 0.151. The van der Waals surface area contributed by atoms with E-state index in [1.54, 1.807) is 12.1 Å². The Hall–Kier alpha value is -0.930. The first kappa shape index (κ1) is 12.5. The summed E-state index contributed by atoms with van der Waals surface area (Å²) in [6.45, 7) is 0.981. The van der Waals surface area contributed by atoms with Gasteiger partial charge < -0.3 is 10.6 Å². The van der Waals surface area contributed by atoms with Gasteiger partial charge in [-0.05, 0) is 44.6 Å². The van der Waals surface area contributed by atoms with Gasteiger partial charge in [0, 0.05) is 18.0 Å². The van der Waals surface area contributed by atoms with Crippen molar-refractivity contribution in [2.45, 2.75) is 25.3 Å². The summed E-state index contributed by atoms with van der Waals surface area (Å²) >= 11 is 0. The van der Waals surface area contributed by atoms with E-state index in [1.165, 1.54) is 25.3 Å². The molecule has 2 rings (SSSR count). The van der Waals surface area contributed by atoms with Crippen LogP contribution in [0.2, 0.25) is 0 Å². The van der Waals surface area contributed by atoms with Crippen molar-refractivity contribution in [3.05, 3.63) is 35.6 Å². The van der Waals surface area contributed by atoms with Gasteiger partial charge in [-0.2, -0.15) is 0 Å². The Kier molecular flexibility index (Phi) is 3.79. The Morgan fingerprint density at radius 3 is 2.59 bits per heavy atom. The second-order valence-corrected chi connectivity index (χ2v) is 5.02. The molecule has 3 heteroatoms. The van der Waals surface area contributed by atoms with E-state index in [1.807, 2.05) is 20.2 Å². The van der Waals surface area contributed by atoms with Gasteiger partial charge in [0.2, 0.25) is 0 Å². The second-order valence-electron chi connectivity index (χ2n) is 5.02. The summed E-state index contributed by atoms with van der Waals surface area (Å²) in [4.78, 5) is 0. The fourth-order valence-electron chi connectivity index (χ4n) is 3.06. The third-order valence-electron chi connectivity index (χ3n) is 3.96. The monoisotopic (exact) mass is 236 g/mol. The van der Waals surface area contributed by atoms with E-state index in [9.17, 15) is 4.39 Å². The van der Waals surface area contributed by atoms with Crippen LogP contribution in [0.5, 0.6) is 0 Å². The molecule has 94 valence electrons. The number of halogens is 1. The summed E-state index contributed by atoms with van der Waals surface area (Å²) in [7, 11) is 3.95. The standard InChI is InChI=1S/C14H21FN2/c1-16-10-14(7-4-8-14)13(17-2)11-5-3-6-12(15)9-11/h3,5-6,9,13,16-17H,4,7-8,10H2,1-2H3. The zero-order valence-electron chi connectivity index (χ0n) is 10.6. The SMILES string of the molecule is CNCC1(C(NC)c2cccc(F)c2)CCC1. The minimum atomic E-state index is -0.151. The van der Waals surface area contributed by atoms with Crippen LogP contribution in [0.3, 0.4) is 0 Å². The predicted octanol–water partition coefficient (Wildman–Crippen LogP) is 2.48. The maximum Gasteiger partial charge on any atom is 0.123 e. The van der Waals surface area contributed by atoms with Gasteiger partial charge in [0.25, 0.3) is 0 Å². The zero-order valence-corrected chi connectivity index (χ0v) is 10.6. The molecule has 1 aromatic carbocycles. The Balaban J connectivity index is 2.26. The van der Waals surface area contributed by atoms with Gasteiger partial charge in [-0.3, -0.25) is 0 Å². The van der Waals surface area contributed by atoms with Crippen molar-refractivity contribution in [1.29, 1.82) is 0 Å². The summed E-state index contributed by atoms with van der Waals surface area (Å²) in [5.41, 5.74) is 1.31. The summed E-state index contributed by atoms with van der Waals surface area (Å²) in [5, 5.41) is 6.64.